The summed E-state index contributed by atoms with van der Waals surface area (Å²) in [6, 6.07) is 15.1. The van der Waals surface area contributed by atoms with E-state index in [2.05, 4.69) is 16.3 Å². The zero-order valence-electron chi connectivity index (χ0n) is 14.6. The van der Waals surface area contributed by atoms with E-state index in [9.17, 15) is 4.79 Å². The van der Waals surface area contributed by atoms with Gasteiger partial charge >= 0.3 is 0 Å². The maximum Gasteiger partial charge on any atom is 0.251 e. The van der Waals surface area contributed by atoms with Gasteiger partial charge in [0.15, 0.2) is 0 Å². The highest BCUT2D eigenvalue weighted by Crippen LogP contribution is 2.31. The molecular weight excluding hydrogens is 314 g/mol. The minimum absolute atomic E-state index is 0.0842. The SMILES string of the molecule is COc1ccccc1C(CNC(=O)c1ccc(N)cc1)N1CCCC1. The first-order valence-corrected chi connectivity index (χ1v) is 8.70. The molecule has 1 heterocycles. The van der Waals surface area contributed by atoms with Gasteiger partial charge in [-0.05, 0) is 56.3 Å². The van der Waals surface area contributed by atoms with Gasteiger partial charge < -0.3 is 15.8 Å². The third kappa shape index (κ3) is 4.12. The van der Waals surface area contributed by atoms with Crippen molar-refractivity contribution in [3.05, 3.63) is 59.7 Å². The molecule has 1 aliphatic rings. The second-order valence-corrected chi connectivity index (χ2v) is 6.33. The van der Waals surface area contributed by atoms with Gasteiger partial charge in [0.2, 0.25) is 0 Å². The zero-order valence-corrected chi connectivity index (χ0v) is 14.6. The summed E-state index contributed by atoms with van der Waals surface area (Å²) in [4.78, 5) is 14.9. The molecule has 1 unspecified atom stereocenters. The molecule has 0 aromatic heterocycles. The lowest BCUT2D eigenvalue weighted by Gasteiger charge is -2.29. The number of methoxy groups -OCH3 is 1. The minimum atomic E-state index is -0.0842. The fourth-order valence-electron chi connectivity index (χ4n) is 3.36. The summed E-state index contributed by atoms with van der Waals surface area (Å²) in [5.74, 6) is 0.778. The molecule has 5 nitrogen and oxygen atoms in total. The van der Waals surface area contributed by atoms with Gasteiger partial charge in [-0.15, -0.1) is 0 Å². The summed E-state index contributed by atoms with van der Waals surface area (Å²) in [7, 11) is 1.69. The van der Waals surface area contributed by atoms with Gasteiger partial charge in [-0.1, -0.05) is 18.2 Å². The Morgan fingerprint density at radius 1 is 1.16 bits per heavy atom. The van der Waals surface area contributed by atoms with Crippen molar-refractivity contribution in [3.63, 3.8) is 0 Å². The summed E-state index contributed by atoms with van der Waals surface area (Å²) in [5.41, 5.74) is 8.08. The van der Waals surface area contributed by atoms with Crippen LogP contribution in [-0.2, 0) is 0 Å². The molecule has 2 aromatic carbocycles. The van der Waals surface area contributed by atoms with Crippen LogP contribution in [0.3, 0.4) is 0 Å². The summed E-state index contributed by atoms with van der Waals surface area (Å²) >= 11 is 0. The molecule has 3 rings (SSSR count). The Kier molecular flexibility index (Phi) is 5.56. The number of amides is 1. The summed E-state index contributed by atoms with van der Waals surface area (Å²) in [6.45, 7) is 2.63. The van der Waals surface area contributed by atoms with Crippen molar-refractivity contribution in [2.24, 2.45) is 0 Å². The number of ether oxygens (including phenoxy) is 1. The highest BCUT2D eigenvalue weighted by molar-refractivity contribution is 5.94. The largest absolute Gasteiger partial charge is 0.496 e. The van der Waals surface area contributed by atoms with E-state index in [1.165, 1.54) is 12.8 Å². The first-order chi connectivity index (χ1) is 12.2. The van der Waals surface area contributed by atoms with Crippen molar-refractivity contribution in [3.8, 4) is 5.75 Å². The zero-order chi connectivity index (χ0) is 17.6. The molecule has 1 saturated heterocycles. The Bertz CT molecular complexity index is 709. The van der Waals surface area contributed by atoms with Crippen LogP contribution in [0.5, 0.6) is 5.75 Å². The Balaban J connectivity index is 1.76. The van der Waals surface area contributed by atoms with Crippen LogP contribution < -0.4 is 15.8 Å². The normalized spacial score (nSPS) is 15.7. The quantitative estimate of drug-likeness (QED) is 0.794. The molecule has 0 radical (unpaired) electrons. The van der Waals surface area contributed by atoms with Crippen molar-refractivity contribution in [2.45, 2.75) is 18.9 Å². The predicted molar refractivity (Wildman–Crippen MR) is 99.7 cm³/mol. The second-order valence-electron chi connectivity index (χ2n) is 6.33. The average Bonchev–Trinajstić information content (AvgIpc) is 3.17. The molecule has 0 spiro atoms. The van der Waals surface area contributed by atoms with Crippen LogP contribution in [0.15, 0.2) is 48.5 Å². The topological polar surface area (TPSA) is 67.6 Å². The molecule has 3 N–H and O–H groups in total. The van der Waals surface area contributed by atoms with Gasteiger partial charge in [0.05, 0.1) is 13.2 Å². The number of nitrogens with one attached hydrogen (secondary N) is 1. The van der Waals surface area contributed by atoms with Crippen molar-refractivity contribution >= 4 is 11.6 Å². The highest BCUT2D eigenvalue weighted by atomic mass is 16.5. The predicted octanol–water partition coefficient (Wildman–Crippen LogP) is 2.84. The van der Waals surface area contributed by atoms with Crippen LogP contribution in [0, 0.1) is 0 Å². The number of likely N-dealkylation sites (tertiary alicyclic amines) is 1. The third-order valence-corrected chi connectivity index (χ3v) is 4.71. The number of anilines is 1. The smallest absolute Gasteiger partial charge is 0.251 e. The molecular formula is C20H25N3O2. The van der Waals surface area contributed by atoms with E-state index in [4.69, 9.17) is 10.5 Å². The molecule has 25 heavy (non-hydrogen) atoms. The molecule has 0 saturated carbocycles. The van der Waals surface area contributed by atoms with E-state index in [1.807, 2.05) is 18.2 Å². The maximum atomic E-state index is 12.5. The van der Waals surface area contributed by atoms with Gasteiger partial charge in [-0.2, -0.15) is 0 Å². The number of carbonyl (C=O) groups is 1. The molecule has 1 atom stereocenters. The minimum Gasteiger partial charge on any atom is -0.496 e. The van der Waals surface area contributed by atoms with Gasteiger partial charge in [-0.3, -0.25) is 9.69 Å². The van der Waals surface area contributed by atoms with E-state index >= 15 is 0 Å². The van der Waals surface area contributed by atoms with E-state index in [0.717, 1.165) is 24.4 Å². The molecule has 1 aliphatic heterocycles. The van der Waals surface area contributed by atoms with Gasteiger partial charge in [0, 0.05) is 23.4 Å². The lowest BCUT2D eigenvalue weighted by atomic mass is 10.0. The Labute approximate surface area is 148 Å². The molecule has 1 amide bonds. The maximum absolute atomic E-state index is 12.5. The number of rotatable bonds is 6. The highest BCUT2D eigenvalue weighted by Gasteiger charge is 2.26. The average molecular weight is 339 g/mol. The Morgan fingerprint density at radius 3 is 2.52 bits per heavy atom. The lowest BCUT2D eigenvalue weighted by Crippen LogP contribution is -2.37. The third-order valence-electron chi connectivity index (χ3n) is 4.71. The number of nitrogen functional groups attached to an aromatic ring is 1. The standard InChI is InChI=1S/C20H25N3O2/c1-25-19-7-3-2-6-17(19)18(23-12-4-5-13-23)14-22-20(24)15-8-10-16(21)11-9-15/h2-3,6-11,18H,4-5,12-14,21H2,1H3,(H,22,24). The number of nitrogens with two attached hydrogens (primary N) is 1. The summed E-state index contributed by atoms with van der Waals surface area (Å²) in [5, 5.41) is 3.07. The van der Waals surface area contributed by atoms with Crippen molar-refractivity contribution in [2.75, 3.05) is 32.5 Å². The fraction of sp³-hybridized carbons (Fsp3) is 0.350. The van der Waals surface area contributed by atoms with Gasteiger partial charge in [-0.25, -0.2) is 0 Å². The Hall–Kier alpha value is -2.53. The second kappa shape index (κ2) is 8.03. The number of para-hydroxylation sites is 1. The first kappa shape index (κ1) is 17.3. The molecule has 0 bridgehead atoms. The van der Waals surface area contributed by atoms with E-state index in [1.54, 1.807) is 31.4 Å². The number of hydrogen-bond acceptors (Lipinski definition) is 4. The molecule has 5 heteroatoms. The van der Waals surface area contributed by atoms with E-state index in [0.29, 0.717) is 17.8 Å². The van der Waals surface area contributed by atoms with Crippen molar-refractivity contribution < 1.29 is 9.53 Å². The monoisotopic (exact) mass is 339 g/mol. The van der Waals surface area contributed by atoms with Crippen molar-refractivity contribution in [1.82, 2.24) is 10.2 Å². The molecule has 132 valence electrons. The van der Waals surface area contributed by atoms with Crippen LogP contribution in [0.2, 0.25) is 0 Å². The molecule has 1 fully saturated rings. The van der Waals surface area contributed by atoms with Crippen LogP contribution >= 0.6 is 0 Å². The number of benzene rings is 2. The first-order valence-electron chi connectivity index (χ1n) is 8.70. The van der Waals surface area contributed by atoms with Crippen LogP contribution in [0.4, 0.5) is 5.69 Å². The summed E-state index contributed by atoms with van der Waals surface area (Å²) < 4.78 is 5.54. The summed E-state index contributed by atoms with van der Waals surface area (Å²) in [6.07, 6.45) is 2.38. The lowest BCUT2D eigenvalue weighted by molar-refractivity contribution is 0.0937. The van der Waals surface area contributed by atoms with Crippen LogP contribution in [-0.4, -0.2) is 37.6 Å². The van der Waals surface area contributed by atoms with Crippen LogP contribution in [0.25, 0.3) is 0 Å². The van der Waals surface area contributed by atoms with Gasteiger partial charge in [0.1, 0.15) is 5.75 Å². The van der Waals surface area contributed by atoms with E-state index < -0.39 is 0 Å². The molecule has 2 aromatic rings. The molecule has 0 aliphatic carbocycles. The van der Waals surface area contributed by atoms with E-state index in [-0.39, 0.29) is 11.9 Å². The van der Waals surface area contributed by atoms with Crippen molar-refractivity contribution in [1.29, 1.82) is 0 Å². The van der Waals surface area contributed by atoms with Gasteiger partial charge in [0.25, 0.3) is 5.91 Å². The fourth-order valence-corrected chi connectivity index (χ4v) is 3.36. The number of hydrogen-bond donors (Lipinski definition) is 2. The number of carbonyl (C=O) groups excluding carboxylic acids is 1. The Morgan fingerprint density at radius 2 is 1.84 bits per heavy atom. The number of nitrogens with zero attached hydrogens (tertiary/aromatic N) is 1. The van der Waals surface area contributed by atoms with Crippen LogP contribution in [0.1, 0.15) is 34.8 Å².